The van der Waals surface area contributed by atoms with Crippen LogP contribution in [0.15, 0.2) is 35.1 Å². The lowest BCUT2D eigenvalue weighted by Gasteiger charge is -2.25. The van der Waals surface area contributed by atoms with Gasteiger partial charge in [0.2, 0.25) is 5.91 Å². The quantitative estimate of drug-likeness (QED) is 0.744. The summed E-state index contributed by atoms with van der Waals surface area (Å²) in [6.45, 7) is 5.90. The number of carbonyl (C=O) groups excluding carboxylic acids is 2. The maximum absolute atomic E-state index is 12.6. The SMILES string of the molecule is CC(C)c1nocc1C(=O)NCC(C)N(C)C(=O)Cc1ccc(C(F)F)cc1. The van der Waals surface area contributed by atoms with E-state index in [4.69, 9.17) is 4.52 Å². The van der Waals surface area contributed by atoms with Gasteiger partial charge in [0.05, 0.1) is 12.1 Å². The summed E-state index contributed by atoms with van der Waals surface area (Å²) < 4.78 is 30.1. The molecule has 1 aromatic carbocycles. The van der Waals surface area contributed by atoms with Crippen molar-refractivity contribution in [1.82, 2.24) is 15.4 Å². The van der Waals surface area contributed by atoms with Gasteiger partial charge in [-0.25, -0.2) is 8.78 Å². The Bertz CT molecular complexity index is 803. The molecule has 2 aromatic rings. The zero-order chi connectivity index (χ0) is 20.8. The van der Waals surface area contributed by atoms with Gasteiger partial charge in [0.1, 0.15) is 11.8 Å². The molecule has 0 saturated heterocycles. The van der Waals surface area contributed by atoms with E-state index in [2.05, 4.69) is 10.5 Å². The number of benzene rings is 1. The van der Waals surface area contributed by atoms with Crippen molar-refractivity contribution in [2.45, 2.75) is 45.6 Å². The zero-order valence-corrected chi connectivity index (χ0v) is 16.4. The summed E-state index contributed by atoms with van der Waals surface area (Å²) in [6, 6.07) is 5.45. The number of alkyl halides is 2. The first-order valence-corrected chi connectivity index (χ1v) is 9.05. The minimum absolute atomic E-state index is 0.0534. The first-order chi connectivity index (χ1) is 13.2. The Morgan fingerprint density at radius 2 is 1.82 bits per heavy atom. The third-order valence-corrected chi connectivity index (χ3v) is 4.59. The van der Waals surface area contributed by atoms with E-state index >= 15 is 0 Å². The number of halogens is 2. The largest absolute Gasteiger partial charge is 0.364 e. The fourth-order valence-corrected chi connectivity index (χ4v) is 2.63. The van der Waals surface area contributed by atoms with Crippen molar-refractivity contribution in [3.05, 3.63) is 52.9 Å². The molecule has 1 unspecified atom stereocenters. The molecule has 152 valence electrons. The summed E-state index contributed by atoms with van der Waals surface area (Å²) in [6.07, 6.45) is -1.12. The van der Waals surface area contributed by atoms with Crippen LogP contribution < -0.4 is 5.32 Å². The smallest absolute Gasteiger partial charge is 0.263 e. The first-order valence-electron chi connectivity index (χ1n) is 9.05. The molecule has 0 bridgehead atoms. The molecular weight excluding hydrogens is 368 g/mol. The predicted molar refractivity (Wildman–Crippen MR) is 100 cm³/mol. The standard InChI is InChI=1S/C20H25F2N3O3/c1-12(2)18-16(11-28-24-18)20(27)23-10-13(3)25(4)17(26)9-14-5-7-15(8-6-14)19(21)22/h5-8,11-13,19H,9-10H2,1-4H3,(H,23,27). The van der Waals surface area contributed by atoms with Gasteiger partial charge in [-0.3, -0.25) is 9.59 Å². The number of amides is 2. The van der Waals surface area contributed by atoms with Gasteiger partial charge in [-0.1, -0.05) is 43.3 Å². The van der Waals surface area contributed by atoms with Crippen LogP contribution in [-0.2, 0) is 11.2 Å². The average Bonchev–Trinajstić information content (AvgIpc) is 3.15. The average molecular weight is 393 g/mol. The number of nitrogens with zero attached hydrogens (tertiary/aromatic N) is 2. The van der Waals surface area contributed by atoms with Crippen LogP contribution in [0.5, 0.6) is 0 Å². The lowest BCUT2D eigenvalue weighted by Crippen LogP contribution is -2.43. The number of rotatable bonds is 8. The molecule has 0 radical (unpaired) electrons. The number of carbonyl (C=O) groups is 2. The molecule has 8 heteroatoms. The Labute approximate surface area is 162 Å². The molecule has 2 amide bonds. The van der Waals surface area contributed by atoms with Crippen LogP contribution in [0.25, 0.3) is 0 Å². The number of likely N-dealkylation sites (N-methyl/N-ethyl adjacent to an activating group) is 1. The maximum atomic E-state index is 12.6. The number of hydrogen-bond donors (Lipinski definition) is 1. The van der Waals surface area contributed by atoms with Crippen molar-refractivity contribution >= 4 is 11.8 Å². The van der Waals surface area contributed by atoms with Crippen molar-refractivity contribution in [3.63, 3.8) is 0 Å². The van der Waals surface area contributed by atoms with E-state index in [0.717, 1.165) is 0 Å². The molecule has 1 atom stereocenters. The summed E-state index contributed by atoms with van der Waals surface area (Å²) in [5, 5.41) is 6.63. The van der Waals surface area contributed by atoms with E-state index in [-0.39, 0.29) is 42.3 Å². The first kappa shape index (κ1) is 21.5. The summed E-state index contributed by atoms with van der Waals surface area (Å²) >= 11 is 0. The van der Waals surface area contributed by atoms with Crippen molar-refractivity contribution in [1.29, 1.82) is 0 Å². The third kappa shape index (κ3) is 5.37. The van der Waals surface area contributed by atoms with Crippen molar-refractivity contribution in [2.24, 2.45) is 0 Å². The number of nitrogens with one attached hydrogen (secondary N) is 1. The molecule has 0 aliphatic carbocycles. The second kappa shape index (κ2) is 9.43. The highest BCUT2D eigenvalue weighted by Gasteiger charge is 2.21. The van der Waals surface area contributed by atoms with Crippen LogP contribution in [0.4, 0.5) is 8.78 Å². The molecule has 6 nitrogen and oxygen atoms in total. The van der Waals surface area contributed by atoms with Crippen LogP contribution in [0, 0.1) is 0 Å². The summed E-state index contributed by atoms with van der Waals surface area (Å²) in [4.78, 5) is 26.3. The van der Waals surface area contributed by atoms with E-state index in [1.165, 1.54) is 35.4 Å². The van der Waals surface area contributed by atoms with Crippen LogP contribution in [-0.4, -0.2) is 41.5 Å². The lowest BCUT2D eigenvalue weighted by molar-refractivity contribution is -0.130. The minimum atomic E-state index is -2.53. The molecule has 0 saturated carbocycles. The monoisotopic (exact) mass is 393 g/mol. The van der Waals surface area contributed by atoms with Crippen LogP contribution in [0.3, 0.4) is 0 Å². The van der Waals surface area contributed by atoms with E-state index in [1.54, 1.807) is 7.05 Å². The third-order valence-electron chi connectivity index (χ3n) is 4.59. The molecule has 1 aromatic heterocycles. The Morgan fingerprint density at radius 1 is 1.18 bits per heavy atom. The lowest BCUT2D eigenvalue weighted by atomic mass is 10.1. The summed E-state index contributed by atoms with van der Waals surface area (Å²) in [7, 11) is 1.64. The van der Waals surface area contributed by atoms with Crippen molar-refractivity contribution in [3.8, 4) is 0 Å². The normalized spacial score (nSPS) is 12.3. The van der Waals surface area contributed by atoms with Crippen LogP contribution in [0.2, 0.25) is 0 Å². The summed E-state index contributed by atoms with van der Waals surface area (Å²) in [5.41, 5.74) is 1.55. The van der Waals surface area contributed by atoms with E-state index in [0.29, 0.717) is 16.8 Å². The molecule has 0 aliphatic rings. The Kier molecular flexibility index (Phi) is 7.25. The zero-order valence-electron chi connectivity index (χ0n) is 16.4. The Balaban J connectivity index is 1.89. The van der Waals surface area contributed by atoms with Crippen LogP contribution >= 0.6 is 0 Å². The second-order valence-corrected chi connectivity index (χ2v) is 7.05. The molecular formula is C20H25F2N3O3. The van der Waals surface area contributed by atoms with E-state index in [9.17, 15) is 18.4 Å². The molecule has 0 fully saturated rings. The fraction of sp³-hybridized carbons (Fsp3) is 0.450. The summed E-state index contributed by atoms with van der Waals surface area (Å²) in [5.74, 6) is -0.419. The van der Waals surface area contributed by atoms with Crippen molar-refractivity contribution < 1.29 is 22.9 Å². The van der Waals surface area contributed by atoms with Gasteiger partial charge in [-0.15, -0.1) is 0 Å². The van der Waals surface area contributed by atoms with Gasteiger partial charge in [-0.05, 0) is 18.4 Å². The van der Waals surface area contributed by atoms with E-state index < -0.39 is 6.43 Å². The van der Waals surface area contributed by atoms with Gasteiger partial charge in [-0.2, -0.15) is 0 Å². The highest BCUT2D eigenvalue weighted by atomic mass is 19.3. The van der Waals surface area contributed by atoms with Crippen molar-refractivity contribution in [2.75, 3.05) is 13.6 Å². The van der Waals surface area contributed by atoms with E-state index in [1.807, 2.05) is 20.8 Å². The van der Waals surface area contributed by atoms with Gasteiger partial charge in [0.15, 0.2) is 0 Å². The molecule has 0 aliphatic heterocycles. The van der Waals surface area contributed by atoms with Gasteiger partial charge >= 0.3 is 0 Å². The maximum Gasteiger partial charge on any atom is 0.263 e. The Morgan fingerprint density at radius 3 is 2.39 bits per heavy atom. The molecule has 1 N–H and O–H groups in total. The molecule has 0 spiro atoms. The van der Waals surface area contributed by atoms with Gasteiger partial charge in [0, 0.05) is 25.2 Å². The minimum Gasteiger partial charge on any atom is -0.364 e. The topological polar surface area (TPSA) is 75.4 Å². The van der Waals surface area contributed by atoms with Gasteiger partial charge < -0.3 is 14.7 Å². The highest BCUT2D eigenvalue weighted by Crippen LogP contribution is 2.19. The number of aromatic nitrogens is 1. The molecule has 28 heavy (non-hydrogen) atoms. The number of hydrogen-bond acceptors (Lipinski definition) is 4. The Hall–Kier alpha value is -2.77. The van der Waals surface area contributed by atoms with Gasteiger partial charge in [0.25, 0.3) is 12.3 Å². The fourth-order valence-electron chi connectivity index (χ4n) is 2.63. The van der Waals surface area contributed by atoms with Crippen LogP contribution in [0.1, 0.15) is 60.3 Å². The highest BCUT2D eigenvalue weighted by molar-refractivity contribution is 5.95. The second-order valence-electron chi connectivity index (χ2n) is 7.05. The predicted octanol–water partition coefficient (Wildman–Crippen LogP) is 3.56. The molecule has 1 heterocycles. The molecule has 2 rings (SSSR count).